The summed E-state index contributed by atoms with van der Waals surface area (Å²) >= 11 is 0. The monoisotopic (exact) mass is 339 g/mol. The predicted octanol–water partition coefficient (Wildman–Crippen LogP) is 1.74. The molecule has 128 valence electrons. The van der Waals surface area contributed by atoms with Crippen LogP contribution < -0.4 is 0 Å². The number of benzene rings is 1. The maximum absolute atomic E-state index is 13.0. The quantitative estimate of drug-likeness (QED) is 0.832. The Labute approximate surface area is 144 Å². The van der Waals surface area contributed by atoms with Crippen LogP contribution in [-0.2, 0) is 9.53 Å². The van der Waals surface area contributed by atoms with Gasteiger partial charge in [-0.25, -0.2) is 9.69 Å². The molecule has 1 unspecified atom stereocenters. The molecule has 0 N–H and O–H groups in total. The number of carbonyl (C=O) groups excluding carboxylic acids is 3. The molecule has 3 heterocycles. The van der Waals surface area contributed by atoms with Gasteiger partial charge < -0.3 is 9.64 Å². The Bertz CT molecular complexity index is 879. The van der Waals surface area contributed by atoms with Crippen LogP contribution in [0.5, 0.6) is 0 Å². The molecular formula is C18H17N3O4. The highest BCUT2D eigenvalue weighted by atomic mass is 16.6. The molecule has 1 aromatic carbocycles. The Hall–Kier alpha value is -2.96. The topological polar surface area (TPSA) is 79.8 Å². The summed E-state index contributed by atoms with van der Waals surface area (Å²) in [5.74, 6) is -0.474. The van der Waals surface area contributed by atoms with Gasteiger partial charge in [-0.15, -0.1) is 0 Å². The third-order valence-electron chi connectivity index (χ3n) is 4.69. The van der Waals surface area contributed by atoms with Gasteiger partial charge in [0.1, 0.15) is 0 Å². The smallest absolute Gasteiger partial charge is 0.417 e. The largest absolute Gasteiger partial charge is 0.439 e. The minimum Gasteiger partial charge on any atom is -0.439 e. The van der Waals surface area contributed by atoms with E-state index in [-0.39, 0.29) is 24.5 Å². The van der Waals surface area contributed by atoms with Crippen LogP contribution in [-0.4, -0.2) is 58.4 Å². The van der Waals surface area contributed by atoms with E-state index in [0.717, 1.165) is 16.0 Å². The third kappa shape index (κ3) is 2.61. The summed E-state index contributed by atoms with van der Waals surface area (Å²) in [4.78, 5) is 43.8. The molecule has 0 bridgehead atoms. The van der Waals surface area contributed by atoms with Crippen molar-refractivity contribution in [1.82, 2.24) is 14.8 Å². The summed E-state index contributed by atoms with van der Waals surface area (Å²) < 4.78 is 4.77. The van der Waals surface area contributed by atoms with E-state index in [1.165, 1.54) is 0 Å². The van der Waals surface area contributed by atoms with Gasteiger partial charge in [0.05, 0.1) is 17.1 Å². The average molecular weight is 339 g/mol. The molecule has 2 aliphatic heterocycles. The Morgan fingerprint density at radius 3 is 2.84 bits per heavy atom. The predicted molar refractivity (Wildman–Crippen MR) is 89.0 cm³/mol. The van der Waals surface area contributed by atoms with Crippen molar-refractivity contribution in [2.24, 2.45) is 0 Å². The number of likely N-dealkylation sites (tertiary alicyclic amines) is 1. The first-order valence-corrected chi connectivity index (χ1v) is 8.19. The van der Waals surface area contributed by atoms with Gasteiger partial charge in [0, 0.05) is 24.2 Å². The number of amides is 3. The molecule has 0 aliphatic carbocycles. The van der Waals surface area contributed by atoms with Crippen LogP contribution >= 0.6 is 0 Å². The minimum atomic E-state index is -0.619. The maximum Gasteiger partial charge on any atom is 0.417 e. The zero-order chi connectivity index (χ0) is 17.6. The SMILES string of the molecule is Cc1ccc2cccc(C(=O)N3CCC(N4C(=O)COC4=O)C3)c2n1. The van der Waals surface area contributed by atoms with Gasteiger partial charge in [-0.2, -0.15) is 0 Å². The standard InChI is InChI=1S/C18H17N3O4/c1-11-5-6-12-3-2-4-14(16(12)19-11)17(23)20-8-7-13(9-20)21-15(22)10-25-18(21)24/h2-6,13H,7-10H2,1H3. The van der Waals surface area contributed by atoms with Gasteiger partial charge in [-0.3, -0.25) is 14.6 Å². The Kier molecular flexibility index (Phi) is 3.63. The molecule has 25 heavy (non-hydrogen) atoms. The van der Waals surface area contributed by atoms with Crippen LogP contribution in [0.3, 0.4) is 0 Å². The van der Waals surface area contributed by atoms with E-state index in [1.54, 1.807) is 11.0 Å². The summed E-state index contributed by atoms with van der Waals surface area (Å²) in [6.45, 7) is 2.48. The van der Waals surface area contributed by atoms with E-state index >= 15 is 0 Å². The molecular weight excluding hydrogens is 322 g/mol. The molecule has 2 saturated heterocycles. The lowest BCUT2D eigenvalue weighted by Gasteiger charge is -2.21. The zero-order valence-corrected chi connectivity index (χ0v) is 13.8. The van der Waals surface area contributed by atoms with Crippen LogP contribution in [0, 0.1) is 6.92 Å². The first-order chi connectivity index (χ1) is 12.0. The van der Waals surface area contributed by atoms with Gasteiger partial charge in [0.2, 0.25) is 0 Å². The van der Waals surface area contributed by atoms with Gasteiger partial charge in [0.25, 0.3) is 11.8 Å². The van der Waals surface area contributed by atoms with Gasteiger partial charge in [-0.1, -0.05) is 18.2 Å². The van der Waals surface area contributed by atoms with E-state index in [0.29, 0.717) is 30.6 Å². The van der Waals surface area contributed by atoms with Crippen molar-refractivity contribution < 1.29 is 19.1 Å². The van der Waals surface area contributed by atoms with E-state index in [1.807, 2.05) is 31.2 Å². The molecule has 7 nitrogen and oxygen atoms in total. The molecule has 1 atom stereocenters. The second-order valence-electron chi connectivity index (χ2n) is 6.34. The molecule has 1 aromatic heterocycles. The number of cyclic esters (lactones) is 1. The molecule has 2 fully saturated rings. The zero-order valence-electron chi connectivity index (χ0n) is 13.8. The van der Waals surface area contributed by atoms with Crippen molar-refractivity contribution >= 4 is 28.8 Å². The molecule has 4 rings (SSSR count). The lowest BCUT2D eigenvalue weighted by Crippen LogP contribution is -2.42. The second-order valence-corrected chi connectivity index (χ2v) is 6.34. The van der Waals surface area contributed by atoms with Crippen molar-refractivity contribution in [3.05, 3.63) is 41.6 Å². The summed E-state index contributed by atoms with van der Waals surface area (Å²) in [5.41, 5.74) is 2.06. The fraction of sp³-hybridized carbons (Fsp3) is 0.333. The number of hydrogen-bond donors (Lipinski definition) is 0. The second kappa shape index (κ2) is 5.84. The van der Waals surface area contributed by atoms with Gasteiger partial charge in [0.15, 0.2) is 6.61 Å². The number of aromatic nitrogens is 1. The highest BCUT2D eigenvalue weighted by molar-refractivity contribution is 6.05. The minimum absolute atomic E-state index is 0.133. The van der Waals surface area contributed by atoms with Crippen LogP contribution in [0.1, 0.15) is 22.5 Å². The fourth-order valence-electron chi connectivity index (χ4n) is 3.44. The molecule has 0 spiro atoms. The summed E-state index contributed by atoms with van der Waals surface area (Å²) in [5, 5.41) is 0.908. The number of ether oxygens (including phenoxy) is 1. The Morgan fingerprint density at radius 2 is 2.08 bits per heavy atom. The first kappa shape index (κ1) is 15.6. The lowest BCUT2D eigenvalue weighted by atomic mass is 10.1. The molecule has 2 aromatic rings. The van der Waals surface area contributed by atoms with E-state index in [9.17, 15) is 14.4 Å². The summed E-state index contributed by atoms with van der Waals surface area (Å²) in [6, 6.07) is 9.05. The molecule has 0 radical (unpaired) electrons. The molecule has 0 saturated carbocycles. The number of fused-ring (bicyclic) bond motifs is 1. The lowest BCUT2D eigenvalue weighted by molar-refractivity contribution is -0.127. The fourth-order valence-corrected chi connectivity index (χ4v) is 3.44. The van der Waals surface area contributed by atoms with E-state index in [2.05, 4.69) is 4.98 Å². The van der Waals surface area contributed by atoms with Crippen molar-refractivity contribution in [3.8, 4) is 0 Å². The number of pyridine rings is 1. The number of nitrogens with zero attached hydrogens (tertiary/aromatic N) is 3. The highest BCUT2D eigenvalue weighted by Gasteiger charge is 2.41. The highest BCUT2D eigenvalue weighted by Crippen LogP contribution is 2.24. The third-order valence-corrected chi connectivity index (χ3v) is 4.69. The van der Waals surface area contributed by atoms with Crippen molar-refractivity contribution in [2.75, 3.05) is 19.7 Å². The first-order valence-electron chi connectivity index (χ1n) is 8.19. The van der Waals surface area contributed by atoms with E-state index in [4.69, 9.17) is 4.74 Å². The van der Waals surface area contributed by atoms with Crippen LogP contribution in [0.15, 0.2) is 30.3 Å². The number of aryl methyl sites for hydroxylation is 1. The molecule has 3 amide bonds. The van der Waals surface area contributed by atoms with Crippen LogP contribution in [0.2, 0.25) is 0 Å². The van der Waals surface area contributed by atoms with Crippen molar-refractivity contribution in [2.45, 2.75) is 19.4 Å². The van der Waals surface area contributed by atoms with Crippen molar-refractivity contribution in [1.29, 1.82) is 0 Å². The Morgan fingerprint density at radius 1 is 1.24 bits per heavy atom. The Balaban J connectivity index is 1.59. The molecule has 7 heteroatoms. The van der Waals surface area contributed by atoms with Crippen molar-refractivity contribution in [3.63, 3.8) is 0 Å². The van der Waals surface area contributed by atoms with Crippen LogP contribution in [0.25, 0.3) is 10.9 Å². The van der Waals surface area contributed by atoms with E-state index < -0.39 is 6.09 Å². The number of rotatable bonds is 2. The summed E-state index contributed by atoms with van der Waals surface area (Å²) in [6.07, 6.45) is -0.0594. The summed E-state index contributed by atoms with van der Waals surface area (Å²) in [7, 11) is 0. The van der Waals surface area contributed by atoms with Gasteiger partial charge in [-0.05, 0) is 25.5 Å². The number of imide groups is 1. The average Bonchev–Trinajstić information content (AvgIpc) is 3.20. The number of hydrogen-bond acceptors (Lipinski definition) is 5. The molecule has 2 aliphatic rings. The normalized spacial score (nSPS) is 20.4. The number of carbonyl (C=O) groups is 3. The van der Waals surface area contributed by atoms with Crippen LogP contribution in [0.4, 0.5) is 4.79 Å². The maximum atomic E-state index is 13.0. The number of para-hydroxylation sites is 1. The van der Waals surface area contributed by atoms with Gasteiger partial charge >= 0.3 is 6.09 Å².